The van der Waals surface area contributed by atoms with E-state index in [9.17, 15) is 9.70 Å². The summed E-state index contributed by atoms with van der Waals surface area (Å²) in [6.07, 6.45) is 0. The molecule has 1 heterocycles. The Bertz CT molecular complexity index is 559. The van der Waals surface area contributed by atoms with Crippen LogP contribution in [0.4, 0.5) is 5.69 Å². The van der Waals surface area contributed by atoms with Crippen molar-refractivity contribution in [3.8, 4) is 0 Å². The van der Waals surface area contributed by atoms with E-state index in [1.807, 2.05) is 0 Å². The number of nitroso groups, excluding NO2 is 1. The minimum atomic E-state index is -0.502. The van der Waals surface area contributed by atoms with Crippen LogP contribution in [0.5, 0.6) is 0 Å². The monoisotopic (exact) mass is 190 g/mol. The standard InChI is InChI=1S/C9H6N2O3/c1-5-10-8-6(9(12)14-5)3-2-4-7(8)11-13/h2-4H,1H3. The third kappa shape index (κ3) is 1.19. The van der Waals surface area contributed by atoms with Crippen molar-refractivity contribution < 1.29 is 4.42 Å². The summed E-state index contributed by atoms with van der Waals surface area (Å²) in [4.78, 5) is 25.7. The highest BCUT2D eigenvalue weighted by atomic mass is 16.4. The molecule has 2 rings (SSSR count). The summed E-state index contributed by atoms with van der Waals surface area (Å²) in [6, 6.07) is 4.61. The normalized spacial score (nSPS) is 10.4. The van der Waals surface area contributed by atoms with Gasteiger partial charge in [-0.25, -0.2) is 9.78 Å². The van der Waals surface area contributed by atoms with Crippen LogP contribution in [0.1, 0.15) is 5.89 Å². The number of aryl methyl sites for hydroxylation is 1. The molecule has 0 aliphatic carbocycles. The second kappa shape index (κ2) is 3.02. The van der Waals surface area contributed by atoms with Crippen molar-refractivity contribution in [1.82, 2.24) is 4.98 Å². The van der Waals surface area contributed by atoms with E-state index in [0.717, 1.165) is 0 Å². The highest BCUT2D eigenvalue weighted by Crippen LogP contribution is 2.21. The number of aromatic nitrogens is 1. The number of para-hydroxylation sites is 1. The quantitative estimate of drug-likeness (QED) is 0.643. The van der Waals surface area contributed by atoms with Crippen LogP contribution < -0.4 is 5.63 Å². The molecule has 0 saturated carbocycles. The Kier molecular flexibility index (Phi) is 1.85. The molecule has 1 aromatic heterocycles. The van der Waals surface area contributed by atoms with Gasteiger partial charge in [-0.2, -0.15) is 0 Å². The Hall–Kier alpha value is -2.04. The SMILES string of the molecule is Cc1nc2c(N=O)cccc2c(=O)o1. The molecule has 0 spiro atoms. The zero-order valence-electron chi connectivity index (χ0n) is 7.35. The van der Waals surface area contributed by atoms with Gasteiger partial charge in [0.2, 0.25) is 0 Å². The molecule has 0 amide bonds. The van der Waals surface area contributed by atoms with Crippen LogP contribution in [0.2, 0.25) is 0 Å². The van der Waals surface area contributed by atoms with E-state index in [2.05, 4.69) is 10.2 Å². The Morgan fingerprint density at radius 2 is 2.21 bits per heavy atom. The Morgan fingerprint density at radius 3 is 2.93 bits per heavy atom. The van der Waals surface area contributed by atoms with Gasteiger partial charge in [-0.15, -0.1) is 4.91 Å². The second-order valence-electron chi connectivity index (χ2n) is 2.78. The van der Waals surface area contributed by atoms with Crippen molar-refractivity contribution in [2.45, 2.75) is 6.92 Å². The fourth-order valence-corrected chi connectivity index (χ4v) is 1.26. The number of benzene rings is 1. The Labute approximate surface area is 78.4 Å². The molecule has 14 heavy (non-hydrogen) atoms. The molecule has 5 heteroatoms. The summed E-state index contributed by atoms with van der Waals surface area (Å²) in [6.45, 7) is 1.54. The summed E-state index contributed by atoms with van der Waals surface area (Å²) in [5, 5.41) is 3.06. The highest BCUT2D eigenvalue weighted by molar-refractivity contribution is 5.87. The predicted octanol–water partition coefficient (Wildman–Crippen LogP) is 1.89. The number of fused-ring (bicyclic) bond motifs is 1. The van der Waals surface area contributed by atoms with Crippen molar-refractivity contribution in [2.24, 2.45) is 5.18 Å². The predicted molar refractivity (Wildman–Crippen MR) is 50.5 cm³/mol. The van der Waals surface area contributed by atoms with Gasteiger partial charge in [0, 0.05) is 6.92 Å². The zero-order valence-corrected chi connectivity index (χ0v) is 7.35. The fraction of sp³-hybridized carbons (Fsp3) is 0.111. The van der Waals surface area contributed by atoms with Crippen molar-refractivity contribution in [1.29, 1.82) is 0 Å². The first kappa shape index (κ1) is 8.55. The van der Waals surface area contributed by atoms with E-state index >= 15 is 0 Å². The third-order valence-corrected chi connectivity index (χ3v) is 1.84. The van der Waals surface area contributed by atoms with Crippen LogP contribution in [0, 0.1) is 11.8 Å². The van der Waals surface area contributed by atoms with Crippen LogP contribution in [-0.4, -0.2) is 4.98 Å². The minimum absolute atomic E-state index is 0.151. The van der Waals surface area contributed by atoms with E-state index in [4.69, 9.17) is 4.42 Å². The molecule has 70 valence electrons. The molecule has 2 aromatic rings. The van der Waals surface area contributed by atoms with Gasteiger partial charge in [0.15, 0.2) is 5.89 Å². The summed E-state index contributed by atoms with van der Waals surface area (Å²) >= 11 is 0. The molecule has 0 bridgehead atoms. The van der Waals surface area contributed by atoms with Crippen molar-refractivity contribution in [3.63, 3.8) is 0 Å². The van der Waals surface area contributed by atoms with Gasteiger partial charge in [0.25, 0.3) is 0 Å². The average Bonchev–Trinajstić information content (AvgIpc) is 2.17. The lowest BCUT2D eigenvalue weighted by atomic mass is 10.2. The summed E-state index contributed by atoms with van der Waals surface area (Å²) < 4.78 is 4.78. The molecule has 0 fully saturated rings. The molecular formula is C9H6N2O3. The van der Waals surface area contributed by atoms with Gasteiger partial charge in [-0.05, 0) is 17.3 Å². The maximum atomic E-state index is 11.3. The topological polar surface area (TPSA) is 72.5 Å². The van der Waals surface area contributed by atoms with E-state index in [1.165, 1.54) is 6.07 Å². The summed E-state index contributed by atoms with van der Waals surface area (Å²) in [5.41, 5.74) is -0.0623. The van der Waals surface area contributed by atoms with E-state index in [0.29, 0.717) is 0 Å². The van der Waals surface area contributed by atoms with Crippen LogP contribution in [0.25, 0.3) is 10.9 Å². The van der Waals surface area contributed by atoms with Crippen molar-refractivity contribution >= 4 is 16.6 Å². The number of rotatable bonds is 1. The zero-order chi connectivity index (χ0) is 10.1. The Morgan fingerprint density at radius 1 is 1.43 bits per heavy atom. The summed E-state index contributed by atoms with van der Waals surface area (Å²) in [5.74, 6) is 0.221. The lowest BCUT2D eigenvalue weighted by Crippen LogP contribution is -2.02. The maximum Gasteiger partial charge on any atom is 0.346 e. The number of hydrogen-bond donors (Lipinski definition) is 0. The van der Waals surface area contributed by atoms with Crippen LogP contribution in [0.15, 0.2) is 32.6 Å². The smallest absolute Gasteiger partial charge is 0.346 e. The van der Waals surface area contributed by atoms with E-state index in [-0.39, 0.29) is 22.5 Å². The molecule has 0 unspecified atom stereocenters. The van der Waals surface area contributed by atoms with E-state index in [1.54, 1.807) is 19.1 Å². The maximum absolute atomic E-state index is 11.3. The van der Waals surface area contributed by atoms with Crippen LogP contribution >= 0.6 is 0 Å². The first-order valence-corrected chi connectivity index (χ1v) is 3.96. The fourth-order valence-electron chi connectivity index (χ4n) is 1.26. The van der Waals surface area contributed by atoms with Gasteiger partial charge < -0.3 is 4.42 Å². The molecule has 0 saturated heterocycles. The molecule has 0 aliphatic rings. The Balaban J connectivity index is 3.01. The lowest BCUT2D eigenvalue weighted by molar-refractivity contribution is 0.467. The molecule has 0 atom stereocenters. The number of nitrogens with zero attached hydrogens (tertiary/aromatic N) is 2. The first-order chi connectivity index (χ1) is 6.72. The van der Waals surface area contributed by atoms with Crippen molar-refractivity contribution in [2.75, 3.05) is 0 Å². The molecule has 5 nitrogen and oxygen atoms in total. The molecule has 0 aliphatic heterocycles. The molecule has 0 radical (unpaired) electrons. The van der Waals surface area contributed by atoms with Crippen LogP contribution in [-0.2, 0) is 0 Å². The minimum Gasteiger partial charge on any atom is -0.408 e. The van der Waals surface area contributed by atoms with Gasteiger partial charge in [-0.1, -0.05) is 6.07 Å². The second-order valence-corrected chi connectivity index (χ2v) is 2.78. The molecular weight excluding hydrogens is 184 g/mol. The summed E-state index contributed by atoms with van der Waals surface area (Å²) in [7, 11) is 0. The average molecular weight is 190 g/mol. The lowest BCUT2D eigenvalue weighted by Gasteiger charge is -1.97. The highest BCUT2D eigenvalue weighted by Gasteiger charge is 2.07. The van der Waals surface area contributed by atoms with Crippen LogP contribution in [0.3, 0.4) is 0 Å². The number of hydrogen-bond acceptors (Lipinski definition) is 5. The van der Waals surface area contributed by atoms with Gasteiger partial charge >= 0.3 is 5.63 Å². The van der Waals surface area contributed by atoms with Gasteiger partial charge in [0.05, 0.1) is 5.39 Å². The molecule has 1 aromatic carbocycles. The third-order valence-electron chi connectivity index (χ3n) is 1.84. The molecule has 0 N–H and O–H groups in total. The first-order valence-electron chi connectivity index (χ1n) is 3.96. The van der Waals surface area contributed by atoms with Crippen molar-refractivity contribution in [3.05, 3.63) is 39.4 Å². The van der Waals surface area contributed by atoms with Gasteiger partial charge in [-0.3, -0.25) is 0 Å². The van der Waals surface area contributed by atoms with Gasteiger partial charge in [0.1, 0.15) is 11.2 Å². The largest absolute Gasteiger partial charge is 0.408 e. The van der Waals surface area contributed by atoms with E-state index < -0.39 is 5.63 Å².